The van der Waals surface area contributed by atoms with Crippen LogP contribution in [0.5, 0.6) is 11.5 Å². The number of nitrogen functional groups attached to an aromatic ring is 1. The number of hydrogen-bond acceptors (Lipinski definition) is 6. The number of rotatable bonds is 5. The molecule has 0 unspecified atom stereocenters. The molecule has 6 heteroatoms. The Bertz CT molecular complexity index is 634. The molecule has 0 radical (unpaired) electrons. The van der Waals surface area contributed by atoms with Crippen molar-refractivity contribution >= 4 is 17.3 Å². The smallest absolute Gasteiger partial charge is 0.136 e. The highest BCUT2D eigenvalue weighted by Gasteiger charge is 2.27. The Labute approximate surface area is 123 Å². The molecule has 0 aliphatic heterocycles. The molecule has 1 heterocycles. The van der Waals surface area contributed by atoms with Gasteiger partial charge >= 0.3 is 0 Å². The molecule has 1 saturated carbocycles. The normalized spacial score (nSPS) is 13.8. The minimum Gasteiger partial charge on any atom is -0.497 e. The Morgan fingerprint density at radius 1 is 1.05 bits per heavy atom. The van der Waals surface area contributed by atoms with Gasteiger partial charge in [0.1, 0.15) is 29.0 Å². The van der Waals surface area contributed by atoms with Crippen molar-refractivity contribution in [3.8, 4) is 11.5 Å². The van der Waals surface area contributed by atoms with E-state index in [0.29, 0.717) is 29.1 Å². The molecule has 1 aromatic heterocycles. The average molecular weight is 286 g/mol. The summed E-state index contributed by atoms with van der Waals surface area (Å²) < 4.78 is 10.5. The summed E-state index contributed by atoms with van der Waals surface area (Å²) in [5.41, 5.74) is 6.68. The molecular formula is C15H18N4O2. The van der Waals surface area contributed by atoms with Crippen molar-refractivity contribution in [1.29, 1.82) is 0 Å². The topological polar surface area (TPSA) is 82.3 Å². The van der Waals surface area contributed by atoms with Gasteiger partial charge in [-0.25, -0.2) is 9.97 Å². The van der Waals surface area contributed by atoms with Gasteiger partial charge in [0.2, 0.25) is 0 Å². The van der Waals surface area contributed by atoms with Crippen LogP contribution in [-0.4, -0.2) is 24.2 Å². The maximum Gasteiger partial charge on any atom is 0.136 e. The first-order chi connectivity index (χ1) is 10.2. The van der Waals surface area contributed by atoms with Crippen LogP contribution < -0.4 is 20.5 Å². The van der Waals surface area contributed by atoms with Crippen molar-refractivity contribution in [2.24, 2.45) is 0 Å². The number of nitrogens with two attached hydrogens (primary N) is 1. The molecule has 0 saturated heterocycles. The van der Waals surface area contributed by atoms with Crippen molar-refractivity contribution < 1.29 is 9.47 Å². The van der Waals surface area contributed by atoms with Crippen molar-refractivity contribution in [3.05, 3.63) is 30.1 Å². The zero-order chi connectivity index (χ0) is 14.8. The third kappa shape index (κ3) is 3.16. The SMILES string of the molecule is COc1cc(Nc2cc(N)nc(C3CC3)n2)cc(OC)c1. The Kier molecular flexibility index (Phi) is 3.51. The number of nitrogens with zero attached hydrogens (tertiary/aromatic N) is 2. The molecule has 1 aliphatic carbocycles. The summed E-state index contributed by atoms with van der Waals surface area (Å²) in [6.07, 6.45) is 2.27. The van der Waals surface area contributed by atoms with Gasteiger partial charge in [0.25, 0.3) is 0 Å². The monoisotopic (exact) mass is 286 g/mol. The summed E-state index contributed by atoms with van der Waals surface area (Å²) in [4.78, 5) is 8.80. The van der Waals surface area contributed by atoms with Crippen molar-refractivity contribution in [2.45, 2.75) is 18.8 Å². The second kappa shape index (κ2) is 5.47. The molecule has 2 aromatic rings. The molecule has 3 N–H and O–H groups in total. The fourth-order valence-corrected chi connectivity index (χ4v) is 2.10. The van der Waals surface area contributed by atoms with Gasteiger partial charge in [-0.1, -0.05) is 0 Å². The predicted molar refractivity (Wildman–Crippen MR) is 81.2 cm³/mol. The van der Waals surface area contributed by atoms with Gasteiger partial charge in [-0.05, 0) is 12.8 Å². The molecule has 3 rings (SSSR count). The average Bonchev–Trinajstić information content (AvgIpc) is 3.30. The van der Waals surface area contributed by atoms with Gasteiger partial charge < -0.3 is 20.5 Å². The van der Waals surface area contributed by atoms with Gasteiger partial charge in [0.05, 0.1) is 14.2 Å². The molecule has 21 heavy (non-hydrogen) atoms. The Morgan fingerprint density at radius 3 is 2.29 bits per heavy atom. The standard InChI is InChI=1S/C15H18N4O2/c1-20-11-5-10(6-12(7-11)21-2)17-14-8-13(16)18-15(19-14)9-3-4-9/h5-9H,3-4H2,1-2H3,(H3,16,17,18,19). The third-order valence-corrected chi connectivity index (χ3v) is 3.33. The van der Waals surface area contributed by atoms with E-state index in [2.05, 4.69) is 15.3 Å². The highest BCUT2D eigenvalue weighted by atomic mass is 16.5. The van der Waals surface area contributed by atoms with Crippen molar-refractivity contribution in [1.82, 2.24) is 9.97 Å². The second-order valence-electron chi connectivity index (χ2n) is 5.04. The lowest BCUT2D eigenvalue weighted by atomic mass is 10.2. The molecule has 6 nitrogen and oxygen atoms in total. The maximum atomic E-state index is 5.85. The molecule has 110 valence electrons. The highest BCUT2D eigenvalue weighted by molar-refractivity contribution is 5.62. The fourth-order valence-electron chi connectivity index (χ4n) is 2.10. The van der Waals surface area contributed by atoms with Crippen LogP contribution in [0.4, 0.5) is 17.3 Å². The summed E-state index contributed by atoms with van der Waals surface area (Å²) in [6, 6.07) is 7.28. The van der Waals surface area contributed by atoms with Gasteiger partial charge in [-0.3, -0.25) is 0 Å². The van der Waals surface area contributed by atoms with Crippen LogP contribution in [0.2, 0.25) is 0 Å². The second-order valence-corrected chi connectivity index (χ2v) is 5.04. The minimum absolute atomic E-state index is 0.453. The molecule has 0 bridgehead atoms. The largest absolute Gasteiger partial charge is 0.497 e. The number of methoxy groups -OCH3 is 2. The third-order valence-electron chi connectivity index (χ3n) is 3.33. The fraction of sp³-hybridized carbons (Fsp3) is 0.333. The van der Waals surface area contributed by atoms with E-state index in [-0.39, 0.29) is 0 Å². The van der Waals surface area contributed by atoms with Crippen molar-refractivity contribution in [3.63, 3.8) is 0 Å². The van der Waals surface area contributed by atoms with Gasteiger partial charge in [0, 0.05) is 35.9 Å². The predicted octanol–water partition coefficient (Wildman–Crippen LogP) is 2.70. The first-order valence-corrected chi connectivity index (χ1v) is 6.82. The van der Waals surface area contributed by atoms with E-state index in [1.54, 1.807) is 20.3 Å². The van der Waals surface area contributed by atoms with E-state index in [9.17, 15) is 0 Å². The van der Waals surface area contributed by atoms with E-state index >= 15 is 0 Å². The number of ether oxygens (including phenoxy) is 2. The minimum atomic E-state index is 0.453. The lowest BCUT2D eigenvalue weighted by Gasteiger charge is -2.11. The number of anilines is 3. The van der Waals surface area contributed by atoms with E-state index in [1.165, 1.54) is 0 Å². The maximum absolute atomic E-state index is 5.85. The van der Waals surface area contributed by atoms with Crippen LogP contribution in [0, 0.1) is 0 Å². The first-order valence-electron chi connectivity index (χ1n) is 6.82. The first kappa shape index (κ1) is 13.5. The molecular weight excluding hydrogens is 268 g/mol. The lowest BCUT2D eigenvalue weighted by molar-refractivity contribution is 0.395. The molecule has 1 aromatic carbocycles. The Balaban J connectivity index is 1.88. The highest BCUT2D eigenvalue weighted by Crippen LogP contribution is 2.39. The molecule has 0 amide bonds. The van der Waals surface area contributed by atoms with Gasteiger partial charge in [-0.15, -0.1) is 0 Å². The van der Waals surface area contributed by atoms with Crippen LogP contribution in [0.3, 0.4) is 0 Å². The van der Waals surface area contributed by atoms with Crippen LogP contribution in [0.1, 0.15) is 24.6 Å². The van der Waals surface area contributed by atoms with Crippen LogP contribution in [0.15, 0.2) is 24.3 Å². The molecule has 1 fully saturated rings. The molecule has 0 atom stereocenters. The quantitative estimate of drug-likeness (QED) is 0.879. The van der Waals surface area contributed by atoms with Gasteiger partial charge in [-0.2, -0.15) is 0 Å². The molecule has 0 spiro atoms. The number of hydrogen-bond donors (Lipinski definition) is 2. The Morgan fingerprint density at radius 2 is 1.71 bits per heavy atom. The van der Waals surface area contributed by atoms with Crippen LogP contribution in [0.25, 0.3) is 0 Å². The van der Waals surface area contributed by atoms with E-state index in [0.717, 1.165) is 24.4 Å². The Hall–Kier alpha value is -2.50. The number of aromatic nitrogens is 2. The van der Waals surface area contributed by atoms with E-state index < -0.39 is 0 Å². The molecule has 1 aliphatic rings. The zero-order valence-electron chi connectivity index (χ0n) is 12.1. The summed E-state index contributed by atoms with van der Waals surface area (Å²) in [7, 11) is 3.23. The summed E-state index contributed by atoms with van der Waals surface area (Å²) in [5, 5.41) is 3.23. The number of benzene rings is 1. The van der Waals surface area contributed by atoms with Crippen LogP contribution >= 0.6 is 0 Å². The van der Waals surface area contributed by atoms with Crippen LogP contribution in [-0.2, 0) is 0 Å². The summed E-state index contributed by atoms with van der Waals surface area (Å²) in [5.74, 6) is 3.84. The van der Waals surface area contributed by atoms with Crippen molar-refractivity contribution in [2.75, 3.05) is 25.3 Å². The number of nitrogens with one attached hydrogen (secondary N) is 1. The van der Waals surface area contributed by atoms with E-state index in [1.807, 2.05) is 18.2 Å². The summed E-state index contributed by atoms with van der Waals surface area (Å²) in [6.45, 7) is 0. The zero-order valence-corrected chi connectivity index (χ0v) is 12.1. The lowest BCUT2D eigenvalue weighted by Crippen LogP contribution is -2.03. The van der Waals surface area contributed by atoms with Gasteiger partial charge in [0.15, 0.2) is 0 Å². The summed E-state index contributed by atoms with van der Waals surface area (Å²) >= 11 is 0. The van der Waals surface area contributed by atoms with E-state index in [4.69, 9.17) is 15.2 Å².